The molecule has 1 nitrogen and oxygen atoms in total. The lowest BCUT2D eigenvalue weighted by Crippen LogP contribution is -2.06. The summed E-state index contributed by atoms with van der Waals surface area (Å²) in [5.74, 6) is -2.96. The van der Waals surface area contributed by atoms with Crippen molar-refractivity contribution in [1.29, 1.82) is 0 Å². The van der Waals surface area contributed by atoms with Crippen LogP contribution in [0.5, 0.6) is 0 Å². The Morgan fingerprint density at radius 3 is 2.72 bits per heavy atom. The van der Waals surface area contributed by atoms with Crippen LogP contribution in [-0.2, 0) is 5.70 Å². The van der Waals surface area contributed by atoms with E-state index in [1.807, 2.05) is 0 Å². The Kier molecular flexibility index (Phi) is 2.17. The van der Waals surface area contributed by atoms with Gasteiger partial charge in [0, 0.05) is 30.0 Å². The number of halogens is 2. The number of carbonyl (C=O) groups is 1. The van der Waals surface area contributed by atoms with Crippen LogP contribution in [0, 0.1) is 11.6 Å². The third-order valence-corrected chi connectivity index (χ3v) is 3.62. The molecule has 0 aliphatic carbocycles. The standard InChI is InChI=1S/C14H8F2OS/c15-11-6-5-8-10(13(11)16)7-18-12-4-2-1-3-9(12)14(8)17/h1-6H,7H2/i7D2. The van der Waals surface area contributed by atoms with Crippen LogP contribution in [0.4, 0.5) is 8.78 Å². The number of hydrogen-bond donors (Lipinski definition) is 0. The first-order chi connectivity index (χ1) is 9.42. The van der Waals surface area contributed by atoms with Gasteiger partial charge in [0.25, 0.3) is 0 Å². The van der Waals surface area contributed by atoms with Crippen LogP contribution in [0.1, 0.15) is 24.2 Å². The van der Waals surface area contributed by atoms with E-state index in [-0.39, 0.29) is 5.56 Å². The Hall–Kier alpha value is -1.68. The molecule has 0 unspecified atom stereocenters. The van der Waals surface area contributed by atoms with Gasteiger partial charge in [-0.3, -0.25) is 4.79 Å². The van der Waals surface area contributed by atoms with Gasteiger partial charge in [0.1, 0.15) is 0 Å². The van der Waals surface area contributed by atoms with Crippen LogP contribution < -0.4 is 0 Å². The number of thioether (sulfide) groups is 1. The lowest BCUT2D eigenvalue weighted by Gasteiger charge is -2.05. The Bertz CT molecular complexity index is 731. The smallest absolute Gasteiger partial charge is 0.194 e. The normalized spacial score (nSPS) is 18.2. The topological polar surface area (TPSA) is 17.1 Å². The summed E-state index contributed by atoms with van der Waals surface area (Å²) in [6.45, 7) is 0. The zero-order valence-corrected chi connectivity index (χ0v) is 9.85. The average Bonchev–Trinajstić information content (AvgIpc) is 2.48. The van der Waals surface area contributed by atoms with Gasteiger partial charge < -0.3 is 0 Å². The van der Waals surface area contributed by atoms with Gasteiger partial charge in [0.05, 0.1) is 0 Å². The maximum atomic E-state index is 14.0. The van der Waals surface area contributed by atoms with Crippen molar-refractivity contribution >= 4 is 17.5 Å². The van der Waals surface area contributed by atoms with Gasteiger partial charge in [-0.05, 0) is 24.3 Å². The average molecular weight is 264 g/mol. The molecule has 3 rings (SSSR count). The Balaban J connectivity index is 2.37. The Morgan fingerprint density at radius 1 is 1.11 bits per heavy atom. The molecule has 1 aliphatic heterocycles. The van der Waals surface area contributed by atoms with Crippen LogP contribution in [0.25, 0.3) is 0 Å². The summed E-state index contributed by atoms with van der Waals surface area (Å²) in [7, 11) is 0. The monoisotopic (exact) mass is 264 g/mol. The van der Waals surface area contributed by atoms with E-state index in [2.05, 4.69) is 0 Å². The number of hydrogen-bond acceptors (Lipinski definition) is 2. The summed E-state index contributed by atoms with van der Waals surface area (Å²) in [6, 6.07) is 8.45. The molecule has 0 aromatic heterocycles. The second-order valence-corrected chi connectivity index (χ2v) is 4.66. The van der Waals surface area contributed by atoms with Crippen LogP contribution in [0.3, 0.4) is 0 Å². The maximum absolute atomic E-state index is 14.0. The molecule has 0 saturated carbocycles. The van der Waals surface area contributed by atoms with Gasteiger partial charge in [0.2, 0.25) is 0 Å². The second-order valence-electron chi connectivity index (χ2n) is 3.81. The largest absolute Gasteiger partial charge is 0.289 e. The first-order valence-electron chi connectivity index (χ1n) is 6.23. The minimum Gasteiger partial charge on any atom is -0.289 e. The number of benzene rings is 2. The van der Waals surface area contributed by atoms with Crippen molar-refractivity contribution in [3.63, 3.8) is 0 Å². The lowest BCUT2D eigenvalue weighted by atomic mass is 9.99. The van der Waals surface area contributed by atoms with Crippen molar-refractivity contribution < 1.29 is 16.3 Å². The highest BCUT2D eigenvalue weighted by Gasteiger charge is 2.24. The van der Waals surface area contributed by atoms with Crippen LogP contribution >= 0.6 is 11.8 Å². The Morgan fingerprint density at radius 2 is 1.89 bits per heavy atom. The molecule has 1 aliphatic rings. The van der Waals surface area contributed by atoms with Gasteiger partial charge in [-0.25, -0.2) is 8.78 Å². The van der Waals surface area contributed by atoms with E-state index in [1.54, 1.807) is 24.3 Å². The highest BCUT2D eigenvalue weighted by atomic mass is 32.2. The van der Waals surface area contributed by atoms with Gasteiger partial charge in [-0.15, -0.1) is 11.8 Å². The summed E-state index contributed by atoms with van der Waals surface area (Å²) < 4.78 is 43.3. The summed E-state index contributed by atoms with van der Waals surface area (Å²) >= 11 is 0.710. The van der Waals surface area contributed by atoms with E-state index in [0.717, 1.165) is 12.1 Å². The maximum Gasteiger partial charge on any atom is 0.194 e. The van der Waals surface area contributed by atoms with E-state index in [9.17, 15) is 13.6 Å². The molecule has 0 saturated heterocycles. The lowest BCUT2D eigenvalue weighted by molar-refractivity contribution is 0.103. The molecule has 0 bridgehead atoms. The van der Waals surface area contributed by atoms with Crippen molar-refractivity contribution in [2.45, 2.75) is 10.6 Å². The minimum absolute atomic E-state index is 0.133. The number of rotatable bonds is 0. The summed E-state index contributed by atoms with van der Waals surface area (Å²) in [6.07, 6.45) is 0. The molecule has 0 spiro atoms. The summed E-state index contributed by atoms with van der Waals surface area (Å²) in [5, 5.41) is 0. The first kappa shape index (κ1) is 9.28. The molecule has 18 heavy (non-hydrogen) atoms. The van der Waals surface area contributed by atoms with Gasteiger partial charge in [0.15, 0.2) is 17.4 Å². The molecule has 90 valence electrons. The molecule has 0 atom stereocenters. The highest BCUT2D eigenvalue weighted by Crippen LogP contribution is 2.35. The molecule has 2 aromatic carbocycles. The van der Waals surface area contributed by atoms with Crippen LogP contribution in [-0.4, -0.2) is 5.78 Å². The van der Waals surface area contributed by atoms with E-state index in [0.29, 0.717) is 22.2 Å². The molecular weight excluding hydrogens is 254 g/mol. The van der Waals surface area contributed by atoms with Crippen molar-refractivity contribution in [3.05, 3.63) is 64.7 Å². The fourth-order valence-corrected chi connectivity index (χ4v) is 2.66. The minimum atomic E-state index is -2.22. The van der Waals surface area contributed by atoms with Crippen molar-refractivity contribution in [3.8, 4) is 0 Å². The molecule has 0 fully saturated rings. The quantitative estimate of drug-likeness (QED) is 0.720. The van der Waals surface area contributed by atoms with E-state index in [1.165, 1.54) is 0 Å². The zero-order valence-electron chi connectivity index (χ0n) is 11.0. The predicted octanol–water partition coefficient (Wildman–Crippen LogP) is 3.80. The number of carbonyl (C=O) groups excluding carboxylic acids is 1. The van der Waals surface area contributed by atoms with Crippen molar-refractivity contribution in [1.82, 2.24) is 0 Å². The summed E-state index contributed by atoms with van der Waals surface area (Å²) in [4.78, 5) is 12.8. The predicted molar refractivity (Wildman–Crippen MR) is 65.8 cm³/mol. The molecule has 0 N–H and O–H groups in total. The molecule has 0 radical (unpaired) electrons. The third kappa shape index (κ3) is 1.64. The first-order valence-corrected chi connectivity index (χ1v) is 6.04. The van der Waals surface area contributed by atoms with Crippen molar-refractivity contribution in [2.75, 3.05) is 0 Å². The molecular formula is C14H8F2OS. The fourth-order valence-electron chi connectivity index (χ4n) is 1.83. The molecule has 1 heterocycles. The van der Waals surface area contributed by atoms with Gasteiger partial charge >= 0.3 is 0 Å². The van der Waals surface area contributed by atoms with E-state index in [4.69, 9.17) is 2.74 Å². The zero-order chi connectivity index (χ0) is 14.5. The molecule has 4 heteroatoms. The second kappa shape index (κ2) is 4.21. The fraction of sp³-hybridized carbons (Fsp3) is 0.0714. The number of ketones is 1. The SMILES string of the molecule is [2H]C1([2H])Sc2ccccc2C(=O)c2ccc(F)c(F)c21. The molecule has 0 amide bonds. The molecule has 2 aromatic rings. The summed E-state index contributed by atoms with van der Waals surface area (Å²) in [5.41, 5.74) is -2.58. The van der Waals surface area contributed by atoms with E-state index >= 15 is 0 Å². The number of fused-ring (bicyclic) bond motifs is 2. The van der Waals surface area contributed by atoms with Crippen LogP contribution in [0.15, 0.2) is 41.3 Å². The highest BCUT2D eigenvalue weighted by molar-refractivity contribution is 7.98. The Labute approximate surface area is 110 Å². The van der Waals surface area contributed by atoms with Gasteiger partial charge in [-0.1, -0.05) is 12.1 Å². The van der Waals surface area contributed by atoms with Crippen molar-refractivity contribution in [2.24, 2.45) is 0 Å². The van der Waals surface area contributed by atoms with Crippen LogP contribution in [0.2, 0.25) is 0 Å². The van der Waals surface area contributed by atoms with Gasteiger partial charge in [-0.2, -0.15) is 0 Å². The third-order valence-electron chi connectivity index (χ3n) is 2.73. The van der Waals surface area contributed by atoms with E-state index < -0.39 is 28.7 Å².